The summed E-state index contributed by atoms with van der Waals surface area (Å²) in [6.07, 6.45) is 5.19. The molecule has 0 amide bonds. The first-order valence-electron chi connectivity index (χ1n) is 9.13. The SMILES string of the molecule is CN(Cc1ccc(Cl)cc1)Cn1nc(-c2cccnc2)n(Cc2ccco2)c1=S. The van der Waals surface area contributed by atoms with Crippen LogP contribution in [0.2, 0.25) is 5.02 Å². The van der Waals surface area contributed by atoms with Crippen molar-refractivity contribution in [3.05, 3.63) is 88.3 Å². The summed E-state index contributed by atoms with van der Waals surface area (Å²) in [6, 6.07) is 15.5. The lowest BCUT2D eigenvalue weighted by Gasteiger charge is -2.16. The van der Waals surface area contributed by atoms with Crippen LogP contribution in [0.25, 0.3) is 11.4 Å². The maximum Gasteiger partial charge on any atom is 0.199 e. The van der Waals surface area contributed by atoms with Crippen LogP contribution in [-0.4, -0.2) is 31.3 Å². The van der Waals surface area contributed by atoms with Crippen molar-refractivity contribution in [2.45, 2.75) is 19.8 Å². The van der Waals surface area contributed by atoms with Crippen molar-refractivity contribution in [3.63, 3.8) is 0 Å². The molecule has 6 nitrogen and oxygen atoms in total. The lowest BCUT2D eigenvalue weighted by atomic mass is 10.2. The first-order valence-corrected chi connectivity index (χ1v) is 9.92. The van der Waals surface area contributed by atoms with Crippen molar-refractivity contribution >= 4 is 23.8 Å². The van der Waals surface area contributed by atoms with Gasteiger partial charge in [-0.25, -0.2) is 4.68 Å². The topological polar surface area (TPSA) is 52.0 Å². The van der Waals surface area contributed by atoms with Gasteiger partial charge in [0.15, 0.2) is 10.6 Å². The van der Waals surface area contributed by atoms with Crippen LogP contribution in [0.1, 0.15) is 11.3 Å². The normalized spacial score (nSPS) is 11.3. The lowest BCUT2D eigenvalue weighted by Crippen LogP contribution is -2.22. The molecule has 0 atom stereocenters. The standard InChI is InChI=1S/C21H20ClN5OS/c1-25(13-16-6-8-18(22)9-7-16)15-27-21(29)26(14-19-5-3-11-28-19)20(24-27)17-4-2-10-23-12-17/h2-12H,13-15H2,1H3. The molecule has 8 heteroatoms. The fourth-order valence-electron chi connectivity index (χ4n) is 3.12. The van der Waals surface area contributed by atoms with E-state index in [9.17, 15) is 0 Å². The van der Waals surface area contributed by atoms with Crippen molar-refractivity contribution in [3.8, 4) is 11.4 Å². The molecule has 0 aliphatic heterocycles. The summed E-state index contributed by atoms with van der Waals surface area (Å²) in [5.41, 5.74) is 2.08. The zero-order chi connectivity index (χ0) is 20.2. The average Bonchev–Trinajstić information content (AvgIpc) is 3.34. The van der Waals surface area contributed by atoms with Gasteiger partial charge in [-0.3, -0.25) is 14.5 Å². The van der Waals surface area contributed by atoms with Crippen LogP contribution in [-0.2, 0) is 19.8 Å². The Labute approximate surface area is 179 Å². The molecule has 3 heterocycles. The van der Waals surface area contributed by atoms with Gasteiger partial charge >= 0.3 is 0 Å². The summed E-state index contributed by atoms with van der Waals surface area (Å²) in [6.45, 7) is 1.82. The van der Waals surface area contributed by atoms with Crippen molar-refractivity contribution in [1.29, 1.82) is 0 Å². The Bertz CT molecular complexity index is 1120. The highest BCUT2D eigenvalue weighted by atomic mass is 35.5. The van der Waals surface area contributed by atoms with E-state index >= 15 is 0 Å². The van der Waals surface area contributed by atoms with Gasteiger partial charge in [-0.15, -0.1) is 0 Å². The third kappa shape index (κ3) is 4.64. The number of halogens is 1. The molecule has 0 saturated carbocycles. The number of hydrogen-bond donors (Lipinski definition) is 0. The molecule has 0 N–H and O–H groups in total. The molecule has 3 aromatic heterocycles. The highest BCUT2D eigenvalue weighted by Crippen LogP contribution is 2.19. The maximum absolute atomic E-state index is 5.98. The van der Waals surface area contributed by atoms with E-state index in [1.54, 1.807) is 18.7 Å². The second kappa shape index (κ2) is 8.73. The molecule has 0 spiro atoms. The minimum absolute atomic E-state index is 0.511. The summed E-state index contributed by atoms with van der Waals surface area (Å²) >= 11 is 11.7. The molecule has 0 fully saturated rings. The summed E-state index contributed by atoms with van der Waals surface area (Å²) in [5, 5.41) is 5.52. The van der Waals surface area contributed by atoms with E-state index < -0.39 is 0 Å². The highest BCUT2D eigenvalue weighted by molar-refractivity contribution is 7.71. The van der Waals surface area contributed by atoms with E-state index in [1.807, 2.05) is 64.8 Å². The first-order chi connectivity index (χ1) is 14.1. The van der Waals surface area contributed by atoms with Crippen molar-refractivity contribution in [2.75, 3.05) is 7.05 Å². The van der Waals surface area contributed by atoms with Gasteiger partial charge < -0.3 is 4.42 Å². The van der Waals surface area contributed by atoms with E-state index in [0.717, 1.165) is 28.7 Å². The predicted molar refractivity (Wildman–Crippen MR) is 115 cm³/mol. The fourth-order valence-corrected chi connectivity index (χ4v) is 3.50. The van der Waals surface area contributed by atoms with Crippen LogP contribution in [0, 0.1) is 4.77 Å². The molecular formula is C21H20ClN5OS. The van der Waals surface area contributed by atoms with Crippen LogP contribution < -0.4 is 0 Å². The largest absolute Gasteiger partial charge is 0.467 e. The molecule has 0 radical (unpaired) electrons. The van der Waals surface area contributed by atoms with Gasteiger partial charge in [0.2, 0.25) is 0 Å². The zero-order valence-electron chi connectivity index (χ0n) is 15.9. The smallest absolute Gasteiger partial charge is 0.199 e. The quantitative estimate of drug-likeness (QED) is 0.396. The number of benzene rings is 1. The van der Waals surface area contributed by atoms with E-state index in [2.05, 4.69) is 9.88 Å². The molecule has 0 saturated heterocycles. The second-order valence-corrected chi connectivity index (χ2v) is 7.60. The Morgan fingerprint density at radius 2 is 1.97 bits per heavy atom. The monoisotopic (exact) mass is 425 g/mol. The van der Waals surface area contributed by atoms with E-state index in [1.165, 1.54) is 5.56 Å². The number of pyridine rings is 1. The van der Waals surface area contributed by atoms with E-state index in [-0.39, 0.29) is 0 Å². The number of aromatic nitrogens is 4. The van der Waals surface area contributed by atoms with Gasteiger partial charge in [0.1, 0.15) is 5.76 Å². The average molecular weight is 426 g/mol. The Hall–Kier alpha value is -2.74. The minimum Gasteiger partial charge on any atom is -0.467 e. The zero-order valence-corrected chi connectivity index (χ0v) is 17.5. The first kappa shape index (κ1) is 19.6. The molecule has 4 aromatic rings. The molecule has 0 aliphatic carbocycles. The van der Waals surface area contributed by atoms with Crippen LogP contribution in [0.5, 0.6) is 0 Å². The Balaban J connectivity index is 1.62. The van der Waals surface area contributed by atoms with Gasteiger partial charge in [0.05, 0.1) is 19.5 Å². The Kier molecular flexibility index (Phi) is 5.89. The molecule has 0 bridgehead atoms. The molecule has 4 rings (SSSR count). The third-order valence-electron chi connectivity index (χ3n) is 4.48. The molecule has 1 aromatic carbocycles. The van der Waals surface area contributed by atoms with Gasteiger partial charge in [-0.1, -0.05) is 23.7 Å². The second-order valence-electron chi connectivity index (χ2n) is 6.79. The van der Waals surface area contributed by atoms with Crippen LogP contribution in [0.4, 0.5) is 0 Å². The Morgan fingerprint density at radius 3 is 2.66 bits per heavy atom. The molecule has 0 unspecified atom stereocenters. The number of nitrogens with zero attached hydrogens (tertiary/aromatic N) is 5. The predicted octanol–water partition coefficient (Wildman–Crippen LogP) is 4.86. The summed E-state index contributed by atoms with van der Waals surface area (Å²) in [7, 11) is 2.03. The van der Waals surface area contributed by atoms with Crippen molar-refractivity contribution in [1.82, 2.24) is 24.2 Å². The molecular weight excluding hydrogens is 406 g/mol. The van der Waals surface area contributed by atoms with Gasteiger partial charge in [-0.05, 0) is 61.2 Å². The highest BCUT2D eigenvalue weighted by Gasteiger charge is 2.15. The van der Waals surface area contributed by atoms with Crippen LogP contribution in [0.15, 0.2) is 71.6 Å². The van der Waals surface area contributed by atoms with Gasteiger partial charge in [0, 0.05) is 29.5 Å². The van der Waals surface area contributed by atoms with Gasteiger partial charge in [-0.2, -0.15) is 5.10 Å². The number of rotatable bonds is 7. The number of furan rings is 1. The van der Waals surface area contributed by atoms with E-state index in [0.29, 0.717) is 18.0 Å². The van der Waals surface area contributed by atoms with Gasteiger partial charge in [0.25, 0.3) is 0 Å². The fraction of sp³-hybridized carbons (Fsp3) is 0.190. The summed E-state index contributed by atoms with van der Waals surface area (Å²) in [5.74, 6) is 1.58. The third-order valence-corrected chi connectivity index (χ3v) is 5.16. The van der Waals surface area contributed by atoms with Crippen molar-refractivity contribution in [2.24, 2.45) is 0 Å². The van der Waals surface area contributed by atoms with E-state index in [4.69, 9.17) is 33.3 Å². The van der Waals surface area contributed by atoms with Crippen LogP contribution >= 0.6 is 23.8 Å². The Morgan fingerprint density at radius 1 is 1.14 bits per heavy atom. The summed E-state index contributed by atoms with van der Waals surface area (Å²) < 4.78 is 9.95. The minimum atomic E-state index is 0.511. The van der Waals surface area contributed by atoms with Crippen molar-refractivity contribution < 1.29 is 4.42 Å². The molecule has 148 valence electrons. The van der Waals surface area contributed by atoms with Crippen LogP contribution in [0.3, 0.4) is 0 Å². The maximum atomic E-state index is 5.98. The molecule has 29 heavy (non-hydrogen) atoms. The number of hydrogen-bond acceptors (Lipinski definition) is 5. The molecule has 0 aliphatic rings. The summed E-state index contributed by atoms with van der Waals surface area (Å²) in [4.78, 5) is 6.37. The lowest BCUT2D eigenvalue weighted by molar-refractivity contribution is 0.244.